The van der Waals surface area contributed by atoms with Gasteiger partial charge in [-0.2, -0.15) is 0 Å². The van der Waals surface area contributed by atoms with E-state index in [-0.39, 0.29) is 24.3 Å². The van der Waals surface area contributed by atoms with E-state index in [4.69, 9.17) is 4.74 Å². The molecule has 0 spiro atoms. The van der Waals surface area contributed by atoms with Crippen molar-refractivity contribution in [2.45, 2.75) is 58.9 Å². The van der Waals surface area contributed by atoms with Crippen molar-refractivity contribution in [2.75, 3.05) is 18.4 Å². The quantitative estimate of drug-likeness (QED) is 0.876. The minimum absolute atomic E-state index is 0.143. The normalized spacial score (nSPS) is 23.3. The second-order valence-corrected chi connectivity index (χ2v) is 6.52. The van der Waals surface area contributed by atoms with E-state index in [1.807, 2.05) is 25.1 Å². The third-order valence-corrected chi connectivity index (χ3v) is 4.14. The SMILES string of the molecule is CCC(C)NC(=O)Nc1ccccc1CN1CC(C)OC(C)C1. The molecule has 2 rings (SSSR count). The van der Waals surface area contributed by atoms with Crippen LogP contribution in [0.25, 0.3) is 0 Å². The van der Waals surface area contributed by atoms with Gasteiger partial charge in [0.05, 0.1) is 12.2 Å². The van der Waals surface area contributed by atoms with Crippen molar-refractivity contribution in [1.82, 2.24) is 10.2 Å². The number of nitrogens with one attached hydrogen (secondary N) is 2. The summed E-state index contributed by atoms with van der Waals surface area (Å²) in [4.78, 5) is 14.5. The standard InChI is InChI=1S/C18H29N3O2/c1-5-13(2)19-18(22)20-17-9-7-6-8-16(17)12-21-10-14(3)23-15(4)11-21/h6-9,13-15H,5,10-12H2,1-4H3,(H2,19,20,22). The van der Waals surface area contributed by atoms with Gasteiger partial charge in [-0.25, -0.2) is 4.79 Å². The Labute approximate surface area is 139 Å². The molecular weight excluding hydrogens is 290 g/mol. The van der Waals surface area contributed by atoms with Crippen LogP contribution in [0.15, 0.2) is 24.3 Å². The number of carbonyl (C=O) groups is 1. The molecule has 0 radical (unpaired) electrons. The summed E-state index contributed by atoms with van der Waals surface area (Å²) in [5.41, 5.74) is 2.01. The molecule has 1 fully saturated rings. The van der Waals surface area contributed by atoms with Gasteiger partial charge in [0.2, 0.25) is 0 Å². The lowest BCUT2D eigenvalue weighted by atomic mass is 10.1. The predicted octanol–water partition coefficient (Wildman–Crippen LogP) is 3.22. The zero-order valence-electron chi connectivity index (χ0n) is 14.6. The van der Waals surface area contributed by atoms with E-state index in [9.17, 15) is 4.79 Å². The molecular formula is C18H29N3O2. The molecule has 1 aromatic rings. The molecule has 23 heavy (non-hydrogen) atoms. The topological polar surface area (TPSA) is 53.6 Å². The Morgan fingerprint density at radius 1 is 1.30 bits per heavy atom. The van der Waals surface area contributed by atoms with Crippen LogP contribution < -0.4 is 10.6 Å². The fraction of sp³-hybridized carbons (Fsp3) is 0.611. The van der Waals surface area contributed by atoms with E-state index in [2.05, 4.69) is 42.4 Å². The summed E-state index contributed by atoms with van der Waals surface area (Å²) in [6.45, 7) is 10.9. The van der Waals surface area contributed by atoms with Crippen LogP contribution in [0.2, 0.25) is 0 Å². The number of hydrogen-bond acceptors (Lipinski definition) is 3. The van der Waals surface area contributed by atoms with Crippen molar-refractivity contribution < 1.29 is 9.53 Å². The zero-order valence-corrected chi connectivity index (χ0v) is 14.6. The number of urea groups is 1. The molecule has 1 aromatic carbocycles. The number of anilines is 1. The van der Waals surface area contributed by atoms with Crippen LogP contribution in [-0.4, -0.2) is 42.3 Å². The Hall–Kier alpha value is -1.59. The van der Waals surface area contributed by atoms with Gasteiger partial charge in [0.1, 0.15) is 0 Å². The first-order valence-corrected chi connectivity index (χ1v) is 8.51. The minimum atomic E-state index is -0.143. The molecule has 3 unspecified atom stereocenters. The predicted molar refractivity (Wildman–Crippen MR) is 93.6 cm³/mol. The molecule has 1 aliphatic rings. The molecule has 0 bridgehead atoms. The molecule has 2 N–H and O–H groups in total. The largest absolute Gasteiger partial charge is 0.373 e. The van der Waals surface area contributed by atoms with Crippen molar-refractivity contribution in [2.24, 2.45) is 0 Å². The van der Waals surface area contributed by atoms with Crippen molar-refractivity contribution in [3.8, 4) is 0 Å². The highest BCUT2D eigenvalue weighted by Gasteiger charge is 2.22. The van der Waals surface area contributed by atoms with Gasteiger partial charge in [0.25, 0.3) is 0 Å². The van der Waals surface area contributed by atoms with Gasteiger partial charge in [0, 0.05) is 31.4 Å². The summed E-state index contributed by atoms with van der Waals surface area (Å²) in [6.07, 6.45) is 1.40. The number of hydrogen-bond donors (Lipinski definition) is 2. The molecule has 5 heteroatoms. The minimum Gasteiger partial charge on any atom is -0.373 e. The van der Waals surface area contributed by atoms with Gasteiger partial charge in [-0.05, 0) is 38.8 Å². The van der Waals surface area contributed by atoms with Gasteiger partial charge >= 0.3 is 6.03 Å². The molecule has 1 aliphatic heterocycles. The number of nitrogens with zero attached hydrogens (tertiary/aromatic N) is 1. The number of carbonyl (C=O) groups excluding carboxylic acids is 1. The third kappa shape index (κ3) is 5.52. The van der Waals surface area contributed by atoms with E-state index < -0.39 is 0 Å². The maximum absolute atomic E-state index is 12.1. The van der Waals surface area contributed by atoms with Gasteiger partial charge < -0.3 is 15.4 Å². The fourth-order valence-corrected chi connectivity index (χ4v) is 2.92. The fourth-order valence-electron chi connectivity index (χ4n) is 2.92. The highest BCUT2D eigenvalue weighted by Crippen LogP contribution is 2.20. The average Bonchev–Trinajstić information content (AvgIpc) is 2.48. The van der Waals surface area contributed by atoms with Gasteiger partial charge in [-0.1, -0.05) is 25.1 Å². The maximum Gasteiger partial charge on any atom is 0.319 e. The van der Waals surface area contributed by atoms with Crippen LogP contribution in [0.5, 0.6) is 0 Å². The van der Waals surface area contributed by atoms with Crippen LogP contribution in [0.1, 0.15) is 39.7 Å². The number of para-hydroxylation sites is 1. The van der Waals surface area contributed by atoms with Crippen molar-refractivity contribution in [1.29, 1.82) is 0 Å². The lowest BCUT2D eigenvalue weighted by Crippen LogP contribution is -2.45. The molecule has 3 atom stereocenters. The summed E-state index contributed by atoms with van der Waals surface area (Å²) in [5, 5.41) is 5.92. The first kappa shape index (κ1) is 17.8. The van der Waals surface area contributed by atoms with Gasteiger partial charge in [-0.3, -0.25) is 4.90 Å². The van der Waals surface area contributed by atoms with Crippen LogP contribution in [0.3, 0.4) is 0 Å². The second kappa shape index (κ2) is 8.31. The summed E-state index contributed by atoms with van der Waals surface area (Å²) >= 11 is 0. The number of benzene rings is 1. The Bertz CT molecular complexity index is 511. The molecule has 5 nitrogen and oxygen atoms in total. The van der Waals surface area contributed by atoms with E-state index in [1.165, 1.54) is 0 Å². The Balaban J connectivity index is 2.01. The summed E-state index contributed by atoms with van der Waals surface area (Å²) in [7, 11) is 0. The average molecular weight is 319 g/mol. The zero-order chi connectivity index (χ0) is 16.8. The summed E-state index contributed by atoms with van der Waals surface area (Å²) < 4.78 is 5.78. The highest BCUT2D eigenvalue weighted by molar-refractivity contribution is 5.90. The molecule has 128 valence electrons. The first-order valence-electron chi connectivity index (χ1n) is 8.51. The maximum atomic E-state index is 12.1. The van der Waals surface area contributed by atoms with E-state index in [0.29, 0.717) is 0 Å². The number of ether oxygens (including phenoxy) is 1. The van der Waals surface area contributed by atoms with Gasteiger partial charge in [-0.15, -0.1) is 0 Å². The molecule has 1 heterocycles. The Kier molecular flexibility index (Phi) is 6.42. The number of amides is 2. The van der Waals surface area contributed by atoms with E-state index in [1.54, 1.807) is 0 Å². The molecule has 0 aliphatic carbocycles. The lowest BCUT2D eigenvalue weighted by Gasteiger charge is -2.35. The summed E-state index contributed by atoms with van der Waals surface area (Å²) in [6, 6.07) is 8.02. The smallest absolute Gasteiger partial charge is 0.319 e. The third-order valence-electron chi connectivity index (χ3n) is 4.14. The number of rotatable bonds is 5. The summed E-state index contributed by atoms with van der Waals surface area (Å²) in [5.74, 6) is 0. The first-order chi connectivity index (χ1) is 11.0. The molecule has 1 saturated heterocycles. The van der Waals surface area contributed by atoms with Crippen LogP contribution in [0.4, 0.5) is 10.5 Å². The molecule has 0 aromatic heterocycles. The van der Waals surface area contributed by atoms with E-state index >= 15 is 0 Å². The highest BCUT2D eigenvalue weighted by atomic mass is 16.5. The van der Waals surface area contributed by atoms with E-state index in [0.717, 1.165) is 37.3 Å². The number of morpholine rings is 1. The molecule has 0 saturated carbocycles. The second-order valence-electron chi connectivity index (χ2n) is 6.52. The Morgan fingerprint density at radius 3 is 2.61 bits per heavy atom. The lowest BCUT2D eigenvalue weighted by molar-refractivity contribution is -0.0704. The molecule has 2 amide bonds. The van der Waals surface area contributed by atoms with Crippen LogP contribution >= 0.6 is 0 Å². The van der Waals surface area contributed by atoms with Crippen LogP contribution in [-0.2, 0) is 11.3 Å². The van der Waals surface area contributed by atoms with Crippen molar-refractivity contribution in [3.05, 3.63) is 29.8 Å². The monoisotopic (exact) mass is 319 g/mol. The Morgan fingerprint density at radius 2 is 1.96 bits per heavy atom. The van der Waals surface area contributed by atoms with Crippen LogP contribution in [0, 0.1) is 0 Å². The van der Waals surface area contributed by atoms with Crippen molar-refractivity contribution >= 4 is 11.7 Å². The van der Waals surface area contributed by atoms with Crippen molar-refractivity contribution in [3.63, 3.8) is 0 Å². The van der Waals surface area contributed by atoms with Gasteiger partial charge in [0.15, 0.2) is 0 Å².